The Balaban J connectivity index is 2.26. The first-order valence-electron chi connectivity index (χ1n) is 5.07. The topological polar surface area (TPSA) is 0 Å². The average molecular weight is 289 g/mol. The highest BCUT2D eigenvalue weighted by Crippen LogP contribution is 2.35. The molecule has 0 amide bonds. The van der Waals surface area contributed by atoms with Crippen LogP contribution in [0.4, 0.5) is 0 Å². The van der Waals surface area contributed by atoms with Gasteiger partial charge in [-0.1, -0.05) is 52.3 Å². The summed E-state index contributed by atoms with van der Waals surface area (Å²) in [5.74, 6) is 0. The second-order valence-electron chi connectivity index (χ2n) is 3.66. The number of thiophene rings is 1. The largest absolute Gasteiger partial charge is 0.143 e. The second-order valence-corrected chi connectivity index (χ2v) is 5.48. The van der Waals surface area contributed by atoms with Crippen molar-refractivity contribution in [2.45, 2.75) is 0 Å². The fraction of sp³-hybridized carbons (Fsp3) is 0. The fourth-order valence-electron chi connectivity index (χ4n) is 1.84. The maximum absolute atomic E-state index is 3.50. The monoisotopic (exact) mass is 288 g/mol. The third-order valence-corrected chi connectivity index (χ3v) is 4.06. The van der Waals surface area contributed by atoms with Gasteiger partial charge in [0.05, 0.1) is 0 Å². The lowest BCUT2D eigenvalue weighted by Gasteiger charge is -1.99. The van der Waals surface area contributed by atoms with E-state index in [1.165, 1.54) is 21.2 Å². The highest BCUT2D eigenvalue weighted by atomic mass is 79.9. The molecule has 1 heterocycles. The Morgan fingerprint density at radius 2 is 1.75 bits per heavy atom. The van der Waals surface area contributed by atoms with Crippen LogP contribution in [-0.4, -0.2) is 0 Å². The second kappa shape index (κ2) is 4.04. The van der Waals surface area contributed by atoms with Crippen LogP contribution in [0.2, 0.25) is 0 Å². The molecular formula is C14H9BrS. The highest BCUT2D eigenvalue weighted by molar-refractivity contribution is 9.10. The van der Waals surface area contributed by atoms with E-state index < -0.39 is 0 Å². The molecule has 16 heavy (non-hydrogen) atoms. The minimum absolute atomic E-state index is 1.14. The van der Waals surface area contributed by atoms with E-state index >= 15 is 0 Å². The van der Waals surface area contributed by atoms with Crippen molar-refractivity contribution in [1.29, 1.82) is 0 Å². The van der Waals surface area contributed by atoms with E-state index in [-0.39, 0.29) is 0 Å². The molecule has 0 radical (unpaired) electrons. The van der Waals surface area contributed by atoms with Crippen LogP contribution >= 0.6 is 27.3 Å². The summed E-state index contributed by atoms with van der Waals surface area (Å²) in [6.45, 7) is 0. The molecule has 0 saturated carbocycles. The summed E-state index contributed by atoms with van der Waals surface area (Å²) in [6.07, 6.45) is 0. The maximum Gasteiger partial charge on any atom is 0.0360 e. The Morgan fingerprint density at radius 1 is 0.938 bits per heavy atom. The predicted molar refractivity (Wildman–Crippen MR) is 75.0 cm³/mol. The van der Waals surface area contributed by atoms with Crippen LogP contribution in [-0.2, 0) is 0 Å². The Labute approximate surface area is 107 Å². The summed E-state index contributed by atoms with van der Waals surface area (Å²) < 4.78 is 2.47. The quantitative estimate of drug-likeness (QED) is 0.568. The van der Waals surface area contributed by atoms with Gasteiger partial charge >= 0.3 is 0 Å². The third kappa shape index (κ3) is 1.68. The summed E-state index contributed by atoms with van der Waals surface area (Å²) in [5.41, 5.74) is 2.61. The number of rotatable bonds is 1. The lowest BCUT2D eigenvalue weighted by atomic mass is 10.1. The number of fused-ring (bicyclic) bond motifs is 1. The maximum atomic E-state index is 3.50. The van der Waals surface area contributed by atoms with Crippen molar-refractivity contribution in [2.24, 2.45) is 0 Å². The van der Waals surface area contributed by atoms with Crippen LogP contribution in [0.3, 0.4) is 0 Å². The van der Waals surface area contributed by atoms with Gasteiger partial charge in [0.2, 0.25) is 0 Å². The van der Waals surface area contributed by atoms with Gasteiger partial charge in [-0.2, -0.15) is 0 Å². The first-order chi connectivity index (χ1) is 7.84. The lowest BCUT2D eigenvalue weighted by Crippen LogP contribution is -1.73. The van der Waals surface area contributed by atoms with Gasteiger partial charge in [-0.25, -0.2) is 0 Å². The van der Waals surface area contributed by atoms with Gasteiger partial charge in [0.25, 0.3) is 0 Å². The average Bonchev–Trinajstić information content (AvgIpc) is 2.73. The Hall–Kier alpha value is -1.12. The zero-order valence-electron chi connectivity index (χ0n) is 8.48. The standard InChI is InChI=1S/C14H9BrS/c15-11-6-7-12-13(9-16-14(12)8-11)10-4-2-1-3-5-10/h1-9H. The molecule has 0 bridgehead atoms. The van der Waals surface area contributed by atoms with Crippen molar-refractivity contribution in [3.05, 3.63) is 58.4 Å². The van der Waals surface area contributed by atoms with E-state index in [2.05, 4.69) is 69.8 Å². The van der Waals surface area contributed by atoms with Gasteiger partial charge in [0.15, 0.2) is 0 Å². The summed E-state index contributed by atoms with van der Waals surface area (Å²) >= 11 is 5.30. The van der Waals surface area contributed by atoms with E-state index in [0.717, 1.165) is 4.47 Å². The van der Waals surface area contributed by atoms with Crippen molar-refractivity contribution in [3.63, 3.8) is 0 Å². The molecule has 0 atom stereocenters. The molecule has 2 heteroatoms. The van der Waals surface area contributed by atoms with Crippen molar-refractivity contribution in [2.75, 3.05) is 0 Å². The molecule has 2 aromatic carbocycles. The predicted octanol–water partition coefficient (Wildman–Crippen LogP) is 5.33. The molecule has 0 N–H and O–H groups in total. The van der Waals surface area contributed by atoms with Crippen molar-refractivity contribution in [3.8, 4) is 11.1 Å². The van der Waals surface area contributed by atoms with Gasteiger partial charge in [0.1, 0.15) is 0 Å². The highest BCUT2D eigenvalue weighted by Gasteiger charge is 2.05. The molecule has 3 aromatic rings. The molecule has 0 aliphatic heterocycles. The van der Waals surface area contributed by atoms with Crippen molar-refractivity contribution < 1.29 is 0 Å². The van der Waals surface area contributed by atoms with E-state index in [4.69, 9.17) is 0 Å². The van der Waals surface area contributed by atoms with Crippen LogP contribution in [0.5, 0.6) is 0 Å². The minimum atomic E-state index is 1.14. The Morgan fingerprint density at radius 3 is 2.56 bits per heavy atom. The van der Waals surface area contributed by atoms with Crippen LogP contribution in [0.1, 0.15) is 0 Å². The van der Waals surface area contributed by atoms with Crippen LogP contribution in [0.25, 0.3) is 21.2 Å². The van der Waals surface area contributed by atoms with Crippen molar-refractivity contribution >= 4 is 37.4 Å². The Bertz CT molecular complexity index is 626. The molecule has 1 aromatic heterocycles. The molecule has 0 spiro atoms. The number of hydrogen-bond donors (Lipinski definition) is 0. The normalized spacial score (nSPS) is 10.8. The molecule has 3 rings (SSSR count). The van der Waals surface area contributed by atoms with E-state index in [1.54, 1.807) is 11.3 Å². The van der Waals surface area contributed by atoms with Crippen LogP contribution in [0.15, 0.2) is 58.4 Å². The third-order valence-electron chi connectivity index (χ3n) is 2.62. The van der Waals surface area contributed by atoms with Crippen LogP contribution in [0, 0.1) is 0 Å². The van der Waals surface area contributed by atoms with E-state index in [1.807, 2.05) is 0 Å². The number of hydrogen-bond acceptors (Lipinski definition) is 1. The fourth-order valence-corrected chi connectivity index (χ4v) is 3.36. The summed E-state index contributed by atoms with van der Waals surface area (Å²) in [6, 6.07) is 17.0. The summed E-state index contributed by atoms with van der Waals surface area (Å²) in [4.78, 5) is 0. The molecule has 0 aliphatic rings. The van der Waals surface area contributed by atoms with Gasteiger partial charge in [-0.05, 0) is 23.1 Å². The zero-order valence-corrected chi connectivity index (χ0v) is 10.9. The van der Waals surface area contributed by atoms with Crippen LogP contribution < -0.4 is 0 Å². The molecule has 0 saturated heterocycles. The Kier molecular flexibility index (Phi) is 2.54. The van der Waals surface area contributed by atoms with Gasteiger partial charge in [-0.3, -0.25) is 0 Å². The molecular weight excluding hydrogens is 280 g/mol. The minimum Gasteiger partial charge on any atom is -0.143 e. The lowest BCUT2D eigenvalue weighted by molar-refractivity contribution is 1.68. The van der Waals surface area contributed by atoms with E-state index in [0.29, 0.717) is 0 Å². The van der Waals surface area contributed by atoms with Gasteiger partial charge in [-0.15, -0.1) is 11.3 Å². The first-order valence-corrected chi connectivity index (χ1v) is 6.74. The SMILES string of the molecule is Brc1ccc2c(-c3ccccc3)csc2c1. The van der Waals surface area contributed by atoms with Crippen molar-refractivity contribution in [1.82, 2.24) is 0 Å². The van der Waals surface area contributed by atoms with Gasteiger partial charge < -0.3 is 0 Å². The zero-order chi connectivity index (χ0) is 11.0. The smallest absolute Gasteiger partial charge is 0.0360 e. The van der Waals surface area contributed by atoms with E-state index in [9.17, 15) is 0 Å². The molecule has 0 nitrogen and oxygen atoms in total. The molecule has 0 unspecified atom stereocenters. The molecule has 78 valence electrons. The molecule has 0 aliphatic carbocycles. The molecule has 0 fully saturated rings. The number of halogens is 1. The summed E-state index contributed by atoms with van der Waals surface area (Å²) in [7, 11) is 0. The summed E-state index contributed by atoms with van der Waals surface area (Å²) in [5, 5.41) is 3.56. The van der Waals surface area contributed by atoms with Gasteiger partial charge in [0, 0.05) is 20.1 Å². The first kappa shape index (κ1) is 10.1. The number of benzene rings is 2.